The van der Waals surface area contributed by atoms with Crippen LogP contribution in [0.4, 0.5) is 0 Å². The third kappa shape index (κ3) is 2.92. The van der Waals surface area contributed by atoms with Crippen molar-refractivity contribution in [1.82, 2.24) is 0 Å². The fourth-order valence-corrected chi connectivity index (χ4v) is 1.65. The second-order valence-corrected chi connectivity index (χ2v) is 3.86. The predicted octanol–water partition coefficient (Wildman–Crippen LogP) is 0.517. The topological polar surface area (TPSA) is 58.9 Å². The summed E-state index contributed by atoms with van der Waals surface area (Å²) < 4.78 is 10.8. The highest BCUT2D eigenvalue weighted by Crippen LogP contribution is 2.25. The van der Waals surface area contributed by atoms with E-state index >= 15 is 0 Å². The molecule has 0 amide bonds. The summed E-state index contributed by atoms with van der Waals surface area (Å²) in [4.78, 5) is 0. The van der Waals surface area contributed by atoms with Gasteiger partial charge in [-0.3, -0.25) is 0 Å². The first kappa shape index (κ1) is 11.9. The van der Waals surface area contributed by atoms with Crippen LogP contribution in [0.3, 0.4) is 0 Å². The molecule has 0 spiro atoms. The lowest BCUT2D eigenvalue weighted by atomic mass is 9.93. The van der Waals surface area contributed by atoms with Crippen LogP contribution >= 0.6 is 0 Å². The minimum Gasteiger partial charge on any atom is -0.394 e. The van der Waals surface area contributed by atoms with E-state index in [9.17, 15) is 5.11 Å². The number of aliphatic hydroxyl groups excluding tert-OH is 2. The molecule has 1 rings (SSSR count). The lowest BCUT2D eigenvalue weighted by Gasteiger charge is -2.36. The highest BCUT2D eigenvalue weighted by atomic mass is 16.7. The fourth-order valence-electron chi connectivity index (χ4n) is 1.65. The average molecular weight is 204 g/mol. The Hall–Kier alpha value is -0.160. The van der Waals surface area contributed by atoms with Gasteiger partial charge in [0.05, 0.1) is 12.7 Å². The summed E-state index contributed by atoms with van der Waals surface area (Å²) in [5, 5.41) is 18.6. The van der Waals surface area contributed by atoms with E-state index in [1.807, 2.05) is 13.8 Å². The molecule has 4 atom stereocenters. The second kappa shape index (κ2) is 5.66. The van der Waals surface area contributed by atoms with E-state index in [1.54, 1.807) is 0 Å². The monoisotopic (exact) mass is 204 g/mol. The molecule has 84 valence electrons. The lowest BCUT2D eigenvalue weighted by molar-refractivity contribution is -0.243. The molecule has 1 fully saturated rings. The van der Waals surface area contributed by atoms with Gasteiger partial charge in [-0.25, -0.2) is 0 Å². The summed E-state index contributed by atoms with van der Waals surface area (Å²) in [6.07, 6.45) is 0.283. The Balaban J connectivity index is 2.41. The fraction of sp³-hybridized carbons (Fsp3) is 1.00. The van der Waals surface area contributed by atoms with Crippen LogP contribution in [0.5, 0.6) is 0 Å². The number of rotatable bonds is 4. The van der Waals surface area contributed by atoms with Crippen LogP contribution < -0.4 is 0 Å². The molecule has 1 aliphatic heterocycles. The molecule has 1 saturated heterocycles. The summed E-state index contributed by atoms with van der Waals surface area (Å²) in [7, 11) is 0. The van der Waals surface area contributed by atoms with Gasteiger partial charge in [0.15, 0.2) is 6.29 Å². The molecular formula is C10H20O4. The molecule has 0 aliphatic carbocycles. The Kier molecular flexibility index (Phi) is 4.81. The molecule has 2 unspecified atom stereocenters. The quantitative estimate of drug-likeness (QED) is 0.701. The van der Waals surface area contributed by atoms with Crippen LogP contribution in [0.2, 0.25) is 0 Å². The van der Waals surface area contributed by atoms with Crippen molar-refractivity contribution >= 4 is 0 Å². The van der Waals surface area contributed by atoms with Gasteiger partial charge in [-0.1, -0.05) is 13.8 Å². The summed E-state index contributed by atoms with van der Waals surface area (Å²) in [5.74, 6) is 0.114. The highest BCUT2D eigenvalue weighted by Gasteiger charge is 2.34. The molecule has 0 bridgehead atoms. The van der Waals surface area contributed by atoms with E-state index in [0.29, 0.717) is 13.0 Å². The van der Waals surface area contributed by atoms with Crippen molar-refractivity contribution in [3.8, 4) is 0 Å². The van der Waals surface area contributed by atoms with Gasteiger partial charge < -0.3 is 19.7 Å². The standard InChI is InChI=1S/C10H20O4/c1-3-4-13-9-5-7(2)10(12)8(6-11)14-9/h7-12H,3-6H2,1-2H3/t7?,8?,9-,10-/m1/s1. The number of ether oxygens (including phenoxy) is 2. The third-order valence-electron chi connectivity index (χ3n) is 2.54. The Morgan fingerprint density at radius 2 is 2.21 bits per heavy atom. The predicted molar refractivity (Wildman–Crippen MR) is 51.8 cm³/mol. The number of aliphatic hydroxyl groups is 2. The molecule has 0 aromatic carbocycles. The normalized spacial score (nSPS) is 38.6. The van der Waals surface area contributed by atoms with E-state index < -0.39 is 12.2 Å². The molecule has 14 heavy (non-hydrogen) atoms. The van der Waals surface area contributed by atoms with E-state index in [1.165, 1.54) is 0 Å². The first-order valence-electron chi connectivity index (χ1n) is 5.25. The van der Waals surface area contributed by atoms with Crippen molar-refractivity contribution in [3.63, 3.8) is 0 Å². The lowest BCUT2D eigenvalue weighted by Crippen LogP contribution is -2.46. The molecule has 4 heteroatoms. The van der Waals surface area contributed by atoms with Gasteiger partial charge in [-0.15, -0.1) is 0 Å². The molecule has 1 aliphatic rings. The Morgan fingerprint density at radius 3 is 2.79 bits per heavy atom. The molecule has 1 heterocycles. The van der Waals surface area contributed by atoms with E-state index in [0.717, 1.165) is 6.42 Å². The SMILES string of the molecule is CCCO[C@H]1CC(C)[C@@H](O)C(CO)O1. The van der Waals surface area contributed by atoms with Crippen molar-refractivity contribution in [2.75, 3.05) is 13.2 Å². The first-order chi connectivity index (χ1) is 6.69. The van der Waals surface area contributed by atoms with Gasteiger partial charge >= 0.3 is 0 Å². The maximum atomic E-state index is 9.64. The maximum Gasteiger partial charge on any atom is 0.158 e. The summed E-state index contributed by atoms with van der Waals surface area (Å²) >= 11 is 0. The summed E-state index contributed by atoms with van der Waals surface area (Å²) in [5.41, 5.74) is 0. The maximum absolute atomic E-state index is 9.64. The molecule has 2 N–H and O–H groups in total. The molecule has 4 nitrogen and oxygen atoms in total. The number of hydrogen-bond acceptors (Lipinski definition) is 4. The molecule has 0 aromatic heterocycles. The van der Waals surface area contributed by atoms with Gasteiger partial charge in [0, 0.05) is 13.0 Å². The van der Waals surface area contributed by atoms with Crippen LogP contribution in [0.25, 0.3) is 0 Å². The van der Waals surface area contributed by atoms with Gasteiger partial charge in [-0.2, -0.15) is 0 Å². The van der Waals surface area contributed by atoms with Crippen molar-refractivity contribution in [2.24, 2.45) is 5.92 Å². The first-order valence-corrected chi connectivity index (χ1v) is 5.25. The molecule has 0 saturated carbocycles. The van der Waals surface area contributed by atoms with E-state index in [-0.39, 0.29) is 18.8 Å². The Morgan fingerprint density at radius 1 is 1.50 bits per heavy atom. The van der Waals surface area contributed by atoms with Crippen molar-refractivity contribution in [1.29, 1.82) is 0 Å². The smallest absolute Gasteiger partial charge is 0.158 e. The zero-order valence-corrected chi connectivity index (χ0v) is 8.85. The molecule has 0 radical (unpaired) electrons. The van der Waals surface area contributed by atoms with Gasteiger partial charge in [-0.05, 0) is 12.3 Å². The van der Waals surface area contributed by atoms with Crippen LogP contribution in [0, 0.1) is 5.92 Å². The van der Waals surface area contributed by atoms with Gasteiger partial charge in [0.25, 0.3) is 0 Å². The summed E-state index contributed by atoms with van der Waals surface area (Å²) in [6, 6.07) is 0. The third-order valence-corrected chi connectivity index (χ3v) is 2.54. The zero-order valence-electron chi connectivity index (χ0n) is 8.85. The highest BCUT2D eigenvalue weighted by molar-refractivity contribution is 4.80. The Labute approximate surface area is 84.8 Å². The van der Waals surface area contributed by atoms with Crippen LogP contribution in [-0.4, -0.2) is 41.9 Å². The average Bonchev–Trinajstić information content (AvgIpc) is 2.19. The minimum absolute atomic E-state index is 0.114. The van der Waals surface area contributed by atoms with Gasteiger partial charge in [0.2, 0.25) is 0 Å². The van der Waals surface area contributed by atoms with Crippen molar-refractivity contribution < 1.29 is 19.7 Å². The van der Waals surface area contributed by atoms with Crippen molar-refractivity contribution in [2.45, 2.75) is 45.2 Å². The zero-order chi connectivity index (χ0) is 10.6. The van der Waals surface area contributed by atoms with E-state index in [4.69, 9.17) is 14.6 Å². The van der Waals surface area contributed by atoms with E-state index in [2.05, 4.69) is 0 Å². The molecular weight excluding hydrogens is 184 g/mol. The van der Waals surface area contributed by atoms with Gasteiger partial charge in [0.1, 0.15) is 6.10 Å². The van der Waals surface area contributed by atoms with Crippen LogP contribution in [-0.2, 0) is 9.47 Å². The minimum atomic E-state index is -0.582. The number of hydrogen-bond donors (Lipinski definition) is 2. The van der Waals surface area contributed by atoms with Crippen LogP contribution in [0.15, 0.2) is 0 Å². The molecule has 0 aromatic rings. The second-order valence-electron chi connectivity index (χ2n) is 3.86. The largest absolute Gasteiger partial charge is 0.394 e. The Bertz CT molecular complexity index is 162. The van der Waals surface area contributed by atoms with Crippen molar-refractivity contribution in [3.05, 3.63) is 0 Å². The van der Waals surface area contributed by atoms with Crippen LogP contribution in [0.1, 0.15) is 26.7 Å². The summed E-state index contributed by atoms with van der Waals surface area (Å²) in [6.45, 7) is 4.48.